The van der Waals surface area contributed by atoms with Crippen molar-refractivity contribution in [1.29, 1.82) is 0 Å². The Bertz CT molecular complexity index is 418. The van der Waals surface area contributed by atoms with E-state index in [0.717, 1.165) is 25.6 Å². The van der Waals surface area contributed by atoms with Gasteiger partial charge < -0.3 is 15.0 Å². The number of benzene rings is 1. The van der Waals surface area contributed by atoms with Crippen LogP contribution in [-0.4, -0.2) is 33.4 Å². The summed E-state index contributed by atoms with van der Waals surface area (Å²) in [4.78, 5) is 2.41. The maximum absolute atomic E-state index is 5.09. The molecule has 1 N–H and O–H groups in total. The Hall–Kier alpha value is -1.06. The second-order valence-electron chi connectivity index (χ2n) is 6.39. The van der Waals surface area contributed by atoms with Gasteiger partial charge in [-0.05, 0) is 37.8 Å². The van der Waals surface area contributed by atoms with E-state index in [-0.39, 0.29) is 0 Å². The van der Waals surface area contributed by atoms with E-state index < -0.39 is 0 Å². The summed E-state index contributed by atoms with van der Waals surface area (Å²) in [6.07, 6.45) is 1.21. The van der Waals surface area contributed by atoms with Crippen LogP contribution < -0.4 is 10.2 Å². The summed E-state index contributed by atoms with van der Waals surface area (Å²) in [7, 11) is 3.94. The van der Waals surface area contributed by atoms with Gasteiger partial charge in [0.15, 0.2) is 0 Å². The molecular formula is C18H32N2O. The van der Waals surface area contributed by atoms with Gasteiger partial charge in [-0.25, -0.2) is 0 Å². The first kappa shape index (κ1) is 18.0. The SMILES string of the molecule is COCCNCc1cc(C)ccc1N(C)C(C)CC(C)C. The van der Waals surface area contributed by atoms with E-state index in [1.165, 1.54) is 23.2 Å². The highest BCUT2D eigenvalue weighted by Crippen LogP contribution is 2.24. The van der Waals surface area contributed by atoms with E-state index in [1.807, 2.05) is 0 Å². The van der Waals surface area contributed by atoms with Crippen molar-refractivity contribution in [1.82, 2.24) is 5.32 Å². The van der Waals surface area contributed by atoms with Crippen molar-refractivity contribution in [2.45, 2.75) is 46.7 Å². The third-order valence-electron chi connectivity index (χ3n) is 3.89. The van der Waals surface area contributed by atoms with Crippen molar-refractivity contribution < 1.29 is 4.74 Å². The minimum atomic E-state index is 0.547. The Morgan fingerprint density at radius 1 is 1.24 bits per heavy atom. The molecule has 3 heteroatoms. The van der Waals surface area contributed by atoms with Gasteiger partial charge in [0.1, 0.15) is 0 Å². The van der Waals surface area contributed by atoms with Crippen LogP contribution in [0.1, 0.15) is 38.3 Å². The number of rotatable bonds is 9. The first-order valence-corrected chi connectivity index (χ1v) is 7.97. The minimum absolute atomic E-state index is 0.547. The van der Waals surface area contributed by atoms with Crippen LogP contribution in [-0.2, 0) is 11.3 Å². The topological polar surface area (TPSA) is 24.5 Å². The smallest absolute Gasteiger partial charge is 0.0587 e. The van der Waals surface area contributed by atoms with Gasteiger partial charge in [-0.15, -0.1) is 0 Å². The largest absolute Gasteiger partial charge is 0.383 e. The average molecular weight is 292 g/mol. The van der Waals surface area contributed by atoms with Gasteiger partial charge in [0, 0.05) is 39.0 Å². The summed E-state index contributed by atoms with van der Waals surface area (Å²) in [5, 5.41) is 3.45. The lowest BCUT2D eigenvalue weighted by Gasteiger charge is -2.30. The number of nitrogens with one attached hydrogen (secondary N) is 1. The fourth-order valence-corrected chi connectivity index (χ4v) is 2.68. The van der Waals surface area contributed by atoms with E-state index in [1.54, 1.807) is 7.11 Å². The predicted molar refractivity (Wildman–Crippen MR) is 92.1 cm³/mol. The van der Waals surface area contributed by atoms with Gasteiger partial charge in [0.25, 0.3) is 0 Å². The zero-order valence-corrected chi connectivity index (χ0v) is 14.6. The molecule has 1 atom stereocenters. The van der Waals surface area contributed by atoms with Crippen LogP contribution in [0.5, 0.6) is 0 Å². The van der Waals surface area contributed by atoms with Crippen molar-refractivity contribution in [3.8, 4) is 0 Å². The molecule has 120 valence electrons. The number of aryl methyl sites for hydroxylation is 1. The van der Waals surface area contributed by atoms with Crippen molar-refractivity contribution in [3.63, 3.8) is 0 Å². The number of hydrogen-bond donors (Lipinski definition) is 1. The van der Waals surface area contributed by atoms with Gasteiger partial charge in [-0.3, -0.25) is 0 Å². The van der Waals surface area contributed by atoms with Crippen LogP contribution in [0.25, 0.3) is 0 Å². The maximum atomic E-state index is 5.09. The van der Waals surface area contributed by atoms with Crippen LogP contribution in [0, 0.1) is 12.8 Å². The third-order valence-corrected chi connectivity index (χ3v) is 3.89. The standard InChI is InChI=1S/C18H32N2O/c1-14(2)11-16(4)20(5)18-8-7-15(3)12-17(18)13-19-9-10-21-6/h7-8,12,14,16,19H,9-11,13H2,1-6H3. The summed E-state index contributed by atoms with van der Waals surface area (Å²) in [5.74, 6) is 0.719. The molecule has 0 saturated carbocycles. The van der Waals surface area contributed by atoms with Crippen molar-refractivity contribution in [2.75, 3.05) is 32.2 Å². The van der Waals surface area contributed by atoms with E-state index in [4.69, 9.17) is 4.74 Å². The Morgan fingerprint density at radius 2 is 1.95 bits per heavy atom. The fourth-order valence-electron chi connectivity index (χ4n) is 2.68. The van der Waals surface area contributed by atoms with Crippen LogP contribution in [0.3, 0.4) is 0 Å². The molecule has 0 aromatic heterocycles. The molecule has 0 heterocycles. The Labute approximate surface area is 130 Å². The lowest BCUT2D eigenvalue weighted by Crippen LogP contribution is -2.31. The van der Waals surface area contributed by atoms with E-state index in [2.05, 4.69) is 63.2 Å². The van der Waals surface area contributed by atoms with Crippen molar-refractivity contribution in [2.24, 2.45) is 5.92 Å². The lowest BCUT2D eigenvalue weighted by atomic mass is 10.0. The first-order valence-electron chi connectivity index (χ1n) is 7.97. The second kappa shape index (κ2) is 9.06. The van der Waals surface area contributed by atoms with Crippen molar-refractivity contribution >= 4 is 5.69 Å². The quantitative estimate of drug-likeness (QED) is 0.704. The number of ether oxygens (including phenoxy) is 1. The summed E-state index contributed by atoms with van der Waals surface area (Å²) in [6, 6.07) is 7.28. The fraction of sp³-hybridized carbons (Fsp3) is 0.667. The normalized spacial score (nSPS) is 12.7. The highest BCUT2D eigenvalue weighted by molar-refractivity contribution is 5.55. The van der Waals surface area contributed by atoms with Gasteiger partial charge in [-0.1, -0.05) is 31.5 Å². The molecule has 3 nitrogen and oxygen atoms in total. The van der Waals surface area contributed by atoms with E-state index in [0.29, 0.717) is 6.04 Å². The van der Waals surface area contributed by atoms with Gasteiger partial charge in [0.05, 0.1) is 6.61 Å². The number of methoxy groups -OCH3 is 1. The molecule has 1 aromatic carbocycles. The average Bonchev–Trinajstić information content (AvgIpc) is 2.42. The molecule has 21 heavy (non-hydrogen) atoms. The van der Waals surface area contributed by atoms with Crippen molar-refractivity contribution in [3.05, 3.63) is 29.3 Å². The highest BCUT2D eigenvalue weighted by atomic mass is 16.5. The summed E-state index contributed by atoms with van der Waals surface area (Å²) in [5.41, 5.74) is 4.01. The molecule has 0 saturated heterocycles. The van der Waals surface area contributed by atoms with E-state index in [9.17, 15) is 0 Å². The monoisotopic (exact) mass is 292 g/mol. The Morgan fingerprint density at radius 3 is 2.57 bits per heavy atom. The van der Waals surface area contributed by atoms with Gasteiger partial charge in [-0.2, -0.15) is 0 Å². The Balaban J connectivity index is 2.79. The number of nitrogens with zero attached hydrogens (tertiary/aromatic N) is 1. The third kappa shape index (κ3) is 6.06. The van der Waals surface area contributed by atoms with Crippen LogP contribution in [0.4, 0.5) is 5.69 Å². The molecule has 0 aliphatic rings. The molecule has 0 aliphatic heterocycles. The summed E-state index contributed by atoms with van der Waals surface area (Å²) in [6.45, 7) is 11.6. The molecule has 1 rings (SSSR count). The molecule has 0 aliphatic carbocycles. The van der Waals surface area contributed by atoms with E-state index >= 15 is 0 Å². The molecule has 0 spiro atoms. The molecule has 0 bridgehead atoms. The van der Waals surface area contributed by atoms with Crippen LogP contribution >= 0.6 is 0 Å². The van der Waals surface area contributed by atoms with Gasteiger partial charge >= 0.3 is 0 Å². The number of hydrogen-bond acceptors (Lipinski definition) is 3. The first-order chi connectivity index (χ1) is 9.95. The zero-order valence-electron chi connectivity index (χ0n) is 14.6. The zero-order chi connectivity index (χ0) is 15.8. The maximum Gasteiger partial charge on any atom is 0.0587 e. The summed E-state index contributed by atoms with van der Waals surface area (Å²) < 4.78 is 5.09. The molecule has 1 aromatic rings. The molecule has 0 radical (unpaired) electrons. The minimum Gasteiger partial charge on any atom is -0.383 e. The lowest BCUT2D eigenvalue weighted by molar-refractivity contribution is 0.199. The predicted octanol–water partition coefficient (Wildman–Crippen LogP) is 3.60. The number of anilines is 1. The molecule has 1 unspecified atom stereocenters. The molecule has 0 amide bonds. The van der Waals surface area contributed by atoms with Crippen LogP contribution in [0.2, 0.25) is 0 Å². The molecular weight excluding hydrogens is 260 g/mol. The second-order valence-corrected chi connectivity index (χ2v) is 6.39. The van der Waals surface area contributed by atoms with Gasteiger partial charge in [0.2, 0.25) is 0 Å². The summed E-state index contributed by atoms with van der Waals surface area (Å²) >= 11 is 0. The highest BCUT2D eigenvalue weighted by Gasteiger charge is 2.14. The van der Waals surface area contributed by atoms with Crippen LogP contribution in [0.15, 0.2) is 18.2 Å². The Kier molecular flexibility index (Phi) is 7.76. The molecule has 0 fully saturated rings.